The van der Waals surface area contributed by atoms with Crippen molar-refractivity contribution in [3.8, 4) is 0 Å². The number of hydrogen-bond acceptors (Lipinski definition) is 5. The van der Waals surface area contributed by atoms with Crippen LogP contribution >= 0.6 is 0 Å². The number of pyridine rings is 1. The summed E-state index contributed by atoms with van der Waals surface area (Å²) in [7, 11) is 3.25. The first-order valence-electron chi connectivity index (χ1n) is 7.53. The van der Waals surface area contributed by atoms with Crippen LogP contribution in [-0.2, 0) is 9.53 Å². The number of rotatable bonds is 5. The average molecular weight is 299 g/mol. The maximum Gasteiger partial charge on any atom is 0.325 e. The fraction of sp³-hybridized carbons (Fsp3) is 0.412. The number of benzene rings is 1. The number of fused-ring (bicyclic) bond motifs is 1. The maximum atomic E-state index is 11.5. The van der Waals surface area contributed by atoms with E-state index in [-0.39, 0.29) is 12.5 Å². The van der Waals surface area contributed by atoms with E-state index in [0.717, 1.165) is 22.5 Å². The van der Waals surface area contributed by atoms with Crippen LogP contribution in [0.2, 0.25) is 0 Å². The predicted octanol–water partition coefficient (Wildman–Crippen LogP) is 2.73. The minimum absolute atomic E-state index is 0.182. The maximum absolute atomic E-state index is 11.5. The molecule has 0 unspecified atom stereocenters. The lowest BCUT2D eigenvalue weighted by atomic mass is 10.1. The molecule has 0 aliphatic heterocycles. The van der Waals surface area contributed by atoms with Gasteiger partial charge in [-0.15, -0.1) is 0 Å². The molecule has 1 aliphatic rings. The number of carbonyl (C=O) groups is 1. The summed E-state index contributed by atoms with van der Waals surface area (Å²) >= 11 is 0. The molecule has 0 radical (unpaired) electrons. The molecule has 0 saturated heterocycles. The fourth-order valence-electron chi connectivity index (χ4n) is 2.66. The van der Waals surface area contributed by atoms with Crippen molar-refractivity contribution in [2.45, 2.75) is 25.8 Å². The smallest absolute Gasteiger partial charge is 0.325 e. The van der Waals surface area contributed by atoms with Crippen molar-refractivity contribution < 1.29 is 9.53 Å². The third kappa shape index (κ3) is 2.84. The molecule has 1 aromatic heterocycles. The van der Waals surface area contributed by atoms with Crippen LogP contribution in [0.15, 0.2) is 24.4 Å². The lowest BCUT2D eigenvalue weighted by Gasteiger charge is -2.20. The van der Waals surface area contributed by atoms with Crippen molar-refractivity contribution in [2.75, 3.05) is 30.9 Å². The van der Waals surface area contributed by atoms with Crippen LogP contribution in [0.5, 0.6) is 0 Å². The van der Waals surface area contributed by atoms with Crippen LogP contribution < -0.4 is 10.2 Å². The molecule has 1 aromatic carbocycles. The number of nitrogens with zero attached hydrogens (tertiary/aromatic N) is 2. The Balaban J connectivity index is 2.04. The van der Waals surface area contributed by atoms with Crippen molar-refractivity contribution in [3.05, 3.63) is 30.0 Å². The predicted molar refractivity (Wildman–Crippen MR) is 88.4 cm³/mol. The van der Waals surface area contributed by atoms with E-state index in [9.17, 15) is 4.79 Å². The molecule has 0 spiro atoms. The lowest BCUT2D eigenvalue weighted by molar-refractivity contribution is -0.138. The van der Waals surface area contributed by atoms with Gasteiger partial charge in [-0.05, 0) is 31.4 Å². The van der Waals surface area contributed by atoms with Crippen molar-refractivity contribution in [1.82, 2.24) is 4.98 Å². The van der Waals surface area contributed by atoms with Gasteiger partial charge >= 0.3 is 5.97 Å². The van der Waals surface area contributed by atoms with Crippen molar-refractivity contribution in [2.24, 2.45) is 0 Å². The number of methoxy groups -OCH3 is 1. The van der Waals surface area contributed by atoms with Gasteiger partial charge in [0.25, 0.3) is 0 Å². The van der Waals surface area contributed by atoms with Crippen LogP contribution in [0.1, 0.15) is 18.4 Å². The van der Waals surface area contributed by atoms with Gasteiger partial charge in [-0.25, -0.2) is 4.98 Å². The molecule has 5 nitrogen and oxygen atoms in total. The zero-order valence-corrected chi connectivity index (χ0v) is 13.2. The minimum Gasteiger partial charge on any atom is -0.468 e. The molecule has 116 valence electrons. The Kier molecular flexibility index (Phi) is 3.88. The summed E-state index contributed by atoms with van der Waals surface area (Å²) in [6.07, 6.45) is 4.33. The number of aromatic nitrogens is 1. The molecule has 3 rings (SSSR count). The Hall–Kier alpha value is -2.30. The number of likely N-dealkylation sites (N-methyl/N-ethyl adjacent to an activating group) is 1. The molecule has 2 aromatic rings. The zero-order chi connectivity index (χ0) is 15.7. The van der Waals surface area contributed by atoms with Crippen LogP contribution in [0, 0.1) is 6.92 Å². The summed E-state index contributed by atoms with van der Waals surface area (Å²) in [5.41, 5.74) is 2.28. The number of hydrogen-bond donors (Lipinski definition) is 1. The SMILES string of the molecule is COC(=O)CN(C)c1ncc(C)c2c(NC3CC3)cccc12. The lowest BCUT2D eigenvalue weighted by Crippen LogP contribution is -2.27. The van der Waals surface area contributed by atoms with Gasteiger partial charge in [0.2, 0.25) is 0 Å². The Morgan fingerprint density at radius 3 is 2.91 bits per heavy atom. The molecule has 0 amide bonds. The second-order valence-electron chi connectivity index (χ2n) is 5.84. The highest BCUT2D eigenvalue weighted by Gasteiger charge is 2.22. The molecule has 0 bridgehead atoms. The van der Waals surface area contributed by atoms with E-state index in [4.69, 9.17) is 4.74 Å². The Labute approximate surface area is 130 Å². The monoisotopic (exact) mass is 299 g/mol. The van der Waals surface area contributed by atoms with Crippen LogP contribution in [0.4, 0.5) is 11.5 Å². The largest absolute Gasteiger partial charge is 0.468 e. The van der Waals surface area contributed by atoms with Gasteiger partial charge in [0.15, 0.2) is 0 Å². The van der Waals surface area contributed by atoms with Crippen molar-refractivity contribution in [1.29, 1.82) is 0 Å². The number of ether oxygens (including phenoxy) is 1. The standard InChI is InChI=1S/C17H21N3O2/c1-11-9-18-17(20(2)10-15(21)22-3)13-5-4-6-14(16(11)13)19-12-7-8-12/h4-6,9,12,19H,7-8,10H2,1-3H3. The van der Waals surface area contributed by atoms with E-state index in [0.29, 0.717) is 6.04 Å². The molecular formula is C17H21N3O2. The van der Waals surface area contributed by atoms with Gasteiger partial charge in [-0.3, -0.25) is 4.79 Å². The second-order valence-corrected chi connectivity index (χ2v) is 5.84. The summed E-state index contributed by atoms with van der Waals surface area (Å²) < 4.78 is 4.74. The van der Waals surface area contributed by atoms with Crippen LogP contribution in [0.25, 0.3) is 10.8 Å². The number of carbonyl (C=O) groups excluding carboxylic acids is 1. The molecule has 1 N–H and O–H groups in total. The molecule has 5 heteroatoms. The Bertz CT molecular complexity index is 710. The summed E-state index contributed by atoms with van der Waals surface area (Å²) in [4.78, 5) is 17.9. The number of aryl methyl sites for hydroxylation is 1. The van der Waals surface area contributed by atoms with Gasteiger partial charge in [-0.1, -0.05) is 12.1 Å². The first-order chi connectivity index (χ1) is 10.6. The normalized spacial score (nSPS) is 14.0. The summed E-state index contributed by atoms with van der Waals surface area (Å²) in [5.74, 6) is 0.524. The molecular weight excluding hydrogens is 278 g/mol. The second kappa shape index (κ2) is 5.83. The van der Waals surface area contributed by atoms with Crippen LogP contribution in [-0.4, -0.2) is 37.7 Å². The van der Waals surface area contributed by atoms with Crippen molar-refractivity contribution in [3.63, 3.8) is 0 Å². The van der Waals surface area contributed by atoms with E-state index >= 15 is 0 Å². The van der Waals surface area contributed by atoms with E-state index in [1.54, 1.807) is 0 Å². The number of anilines is 2. The molecule has 22 heavy (non-hydrogen) atoms. The number of nitrogens with one attached hydrogen (secondary N) is 1. The highest BCUT2D eigenvalue weighted by molar-refractivity contribution is 6.02. The highest BCUT2D eigenvalue weighted by atomic mass is 16.5. The third-order valence-electron chi connectivity index (χ3n) is 3.97. The van der Waals surface area contributed by atoms with E-state index < -0.39 is 0 Å². The van der Waals surface area contributed by atoms with E-state index in [1.165, 1.54) is 25.3 Å². The van der Waals surface area contributed by atoms with Gasteiger partial charge in [-0.2, -0.15) is 0 Å². The van der Waals surface area contributed by atoms with Gasteiger partial charge in [0.1, 0.15) is 12.4 Å². The first kappa shape index (κ1) is 14.6. The molecule has 1 saturated carbocycles. The summed E-state index contributed by atoms with van der Waals surface area (Å²) in [6.45, 7) is 2.25. The quantitative estimate of drug-likeness (QED) is 0.860. The molecule has 1 aliphatic carbocycles. The first-order valence-corrected chi connectivity index (χ1v) is 7.53. The van der Waals surface area contributed by atoms with Gasteiger partial charge in [0.05, 0.1) is 7.11 Å². The summed E-state index contributed by atoms with van der Waals surface area (Å²) in [5, 5.41) is 5.81. The van der Waals surface area contributed by atoms with E-state index in [2.05, 4.69) is 29.4 Å². The average Bonchev–Trinajstić information content (AvgIpc) is 3.31. The Morgan fingerprint density at radius 1 is 1.45 bits per heavy atom. The van der Waals surface area contributed by atoms with Crippen LogP contribution in [0.3, 0.4) is 0 Å². The zero-order valence-electron chi connectivity index (χ0n) is 13.2. The van der Waals surface area contributed by atoms with E-state index in [1.807, 2.05) is 24.2 Å². The minimum atomic E-state index is -0.273. The van der Waals surface area contributed by atoms with Gasteiger partial charge < -0.3 is 15.0 Å². The number of esters is 1. The molecule has 1 fully saturated rings. The fourth-order valence-corrected chi connectivity index (χ4v) is 2.66. The topological polar surface area (TPSA) is 54.5 Å². The third-order valence-corrected chi connectivity index (χ3v) is 3.97. The van der Waals surface area contributed by atoms with Gasteiger partial charge in [0, 0.05) is 35.7 Å². The Morgan fingerprint density at radius 2 is 2.23 bits per heavy atom. The molecule has 0 atom stereocenters. The van der Waals surface area contributed by atoms with Crippen molar-refractivity contribution >= 4 is 28.2 Å². The summed E-state index contributed by atoms with van der Waals surface area (Å²) in [6, 6.07) is 6.78. The highest BCUT2D eigenvalue weighted by Crippen LogP contribution is 2.34. The molecule has 1 heterocycles.